The minimum atomic E-state index is -0.797. The van der Waals surface area contributed by atoms with E-state index in [1.165, 1.54) is 0 Å². The second kappa shape index (κ2) is 5.86. The number of hydrogen-bond acceptors (Lipinski definition) is 4. The van der Waals surface area contributed by atoms with Crippen LogP contribution in [0.15, 0.2) is 21.2 Å². The number of carboxylic acid groups (broad SMARTS) is 1. The zero-order valence-electron chi connectivity index (χ0n) is 10.1. The first-order valence-corrected chi connectivity index (χ1v) is 6.69. The molecule has 2 unspecified atom stereocenters. The number of likely N-dealkylation sites (N-methyl/N-ethyl adjacent to an activating group) is 1. The van der Waals surface area contributed by atoms with Crippen LogP contribution in [0.3, 0.4) is 0 Å². The molecular weight excluding hydrogens is 302 g/mol. The van der Waals surface area contributed by atoms with E-state index in [1.54, 1.807) is 6.26 Å². The maximum atomic E-state index is 11.2. The van der Waals surface area contributed by atoms with Crippen LogP contribution in [0, 0.1) is 5.92 Å². The van der Waals surface area contributed by atoms with Crippen LogP contribution in [0.25, 0.3) is 0 Å². The Balaban J connectivity index is 2.09. The van der Waals surface area contributed by atoms with Crippen molar-refractivity contribution >= 4 is 21.9 Å². The Morgan fingerprint density at radius 3 is 2.94 bits per heavy atom. The van der Waals surface area contributed by atoms with E-state index in [1.807, 2.05) is 13.0 Å². The lowest BCUT2D eigenvalue weighted by molar-refractivity contribution is -0.143. The van der Waals surface area contributed by atoms with Gasteiger partial charge in [0.2, 0.25) is 0 Å². The van der Waals surface area contributed by atoms with Gasteiger partial charge in [-0.3, -0.25) is 9.69 Å². The largest absolute Gasteiger partial charge is 0.481 e. The number of carboxylic acids is 1. The van der Waals surface area contributed by atoms with Crippen LogP contribution in [-0.2, 0) is 16.1 Å². The topological polar surface area (TPSA) is 62.9 Å². The third-order valence-corrected chi connectivity index (χ3v) is 3.99. The van der Waals surface area contributed by atoms with Crippen molar-refractivity contribution in [1.29, 1.82) is 0 Å². The van der Waals surface area contributed by atoms with Crippen LogP contribution in [0.4, 0.5) is 0 Å². The van der Waals surface area contributed by atoms with Crippen LogP contribution in [-0.4, -0.2) is 41.8 Å². The summed E-state index contributed by atoms with van der Waals surface area (Å²) in [6, 6.07) is 1.74. The van der Waals surface area contributed by atoms with Crippen molar-refractivity contribution in [2.24, 2.45) is 5.92 Å². The quantitative estimate of drug-likeness (QED) is 0.899. The Morgan fingerprint density at radius 1 is 1.61 bits per heavy atom. The molecule has 0 bridgehead atoms. The van der Waals surface area contributed by atoms with E-state index in [-0.39, 0.29) is 12.6 Å². The normalized spacial score (nSPS) is 23.7. The lowest BCUT2D eigenvalue weighted by Crippen LogP contribution is -2.42. The Kier molecular flexibility index (Phi) is 4.42. The third-order valence-electron chi connectivity index (χ3n) is 3.28. The maximum Gasteiger partial charge on any atom is 0.310 e. The summed E-state index contributed by atoms with van der Waals surface area (Å²) >= 11 is 3.41. The summed E-state index contributed by atoms with van der Waals surface area (Å²) < 4.78 is 11.6. The molecule has 1 aromatic heterocycles. The first-order chi connectivity index (χ1) is 8.63. The van der Waals surface area contributed by atoms with E-state index < -0.39 is 11.9 Å². The summed E-state index contributed by atoms with van der Waals surface area (Å²) in [6.07, 6.45) is 1.62. The van der Waals surface area contributed by atoms with Gasteiger partial charge in [0, 0.05) is 6.04 Å². The van der Waals surface area contributed by atoms with Gasteiger partial charge in [-0.1, -0.05) is 6.92 Å². The summed E-state index contributed by atoms with van der Waals surface area (Å²) in [5.74, 6) is -0.443. The second-order valence-corrected chi connectivity index (χ2v) is 5.16. The van der Waals surface area contributed by atoms with E-state index >= 15 is 0 Å². The molecule has 1 fully saturated rings. The number of rotatable bonds is 5. The van der Waals surface area contributed by atoms with Gasteiger partial charge in [0.1, 0.15) is 5.76 Å². The lowest BCUT2D eigenvalue weighted by Gasteiger charge is -2.28. The second-order valence-electron chi connectivity index (χ2n) is 4.30. The molecule has 100 valence electrons. The molecule has 5 nitrogen and oxygen atoms in total. The van der Waals surface area contributed by atoms with Crippen molar-refractivity contribution in [3.05, 3.63) is 22.6 Å². The molecule has 2 heterocycles. The third kappa shape index (κ3) is 2.76. The van der Waals surface area contributed by atoms with Gasteiger partial charge in [-0.05, 0) is 28.5 Å². The number of aliphatic carboxylic acids is 1. The van der Waals surface area contributed by atoms with Crippen LogP contribution in [0.1, 0.15) is 12.7 Å². The SMILES string of the molecule is CCN(Cc1occc1Br)C1COCC1C(=O)O. The lowest BCUT2D eigenvalue weighted by atomic mass is 10.0. The molecular formula is C12H16BrNO4. The van der Waals surface area contributed by atoms with Crippen LogP contribution < -0.4 is 0 Å². The number of halogens is 1. The number of hydrogen-bond donors (Lipinski definition) is 1. The number of nitrogens with zero attached hydrogens (tertiary/aromatic N) is 1. The zero-order valence-corrected chi connectivity index (χ0v) is 11.7. The van der Waals surface area contributed by atoms with Gasteiger partial charge in [0.05, 0.1) is 36.4 Å². The van der Waals surface area contributed by atoms with Crippen molar-refractivity contribution in [1.82, 2.24) is 4.90 Å². The van der Waals surface area contributed by atoms with Gasteiger partial charge in [-0.15, -0.1) is 0 Å². The van der Waals surface area contributed by atoms with Crippen LogP contribution >= 0.6 is 15.9 Å². The molecule has 1 aliphatic rings. The van der Waals surface area contributed by atoms with Crippen molar-refractivity contribution in [2.45, 2.75) is 19.5 Å². The average molecular weight is 318 g/mol. The summed E-state index contributed by atoms with van der Waals surface area (Å²) in [7, 11) is 0. The van der Waals surface area contributed by atoms with E-state index in [0.29, 0.717) is 13.2 Å². The smallest absolute Gasteiger partial charge is 0.310 e. The van der Waals surface area contributed by atoms with Crippen molar-refractivity contribution < 1.29 is 19.1 Å². The van der Waals surface area contributed by atoms with Crippen molar-refractivity contribution in [2.75, 3.05) is 19.8 Å². The summed E-state index contributed by atoms with van der Waals surface area (Å²) in [5, 5.41) is 9.17. The molecule has 0 radical (unpaired) electrons. The van der Waals surface area contributed by atoms with Gasteiger partial charge in [0.25, 0.3) is 0 Å². The fourth-order valence-corrected chi connectivity index (χ4v) is 2.55. The van der Waals surface area contributed by atoms with Crippen LogP contribution in [0.5, 0.6) is 0 Å². The van der Waals surface area contributed by atoms with E-state index in [9.17, 15) is 4.79 Å². The predicted octanol–water partition coefficient (Wildman–Crippen LogP) is 1.96. The summed E-state index contributed by atoms with van der Waals surface area (Å²) in [5.41, 5.74) is 0. The highest BCUT2D eigenvalue weighted by molar-refractivity contribution is 9.10. The first-order valence-electron chi connectivity index (χ1n) is 5.90. The predicted molar refractivity (Wildman–Crippen MR) is 68.2 cm³/mol. The molecule has 2 rings (SSSR count). The standard InChI is InChI=1S/C12H16BrNO4/c1-2-14(5-11-9(13)3-4-18-11)10-7-17-6-8(10)12(15)16/h3-4,8,10H,2,5-7H2,1H3,(H,15,16). The van der Waals surface area contributed by atoms with E-state index in [2.05, 4.69) is 20.8 Å². The number of furan rings is 1. The maximum absolute atomic E-state index is 11.2. The minimum Gasteiger partial charge on any atom is -0.481 e. The molecule has 0 aromatic carbocycles. The fraction of sp³-hybridized carbons (Fsp3) is 0.583. The first kappa shape index (κ1) is 13.6. The molecule has 1 saturated heterocycles. The van der Waals surface area contributed by atoms with Gasteiger partial charge in [-0.25, -0.2) is 0 Å². The molecule has 6 heteroatoms. The summed E-state index contributed by atoms with van der Waals surface area (Å²) in [6.45, 7) is 4.10. The minimum absolute atomic E-state index is 0.0931. The molecule has 0 aliphatic carbocycles. The molecule has 0 spiro atoms. The highest BCUT2D eigenvalue weighted by Gasteiger charge is 2.37. The Morgan fingerprint density at radius 2 is 2.39 bits per heavy atom. The van der Waals surface area contributed by atoms with Gasteiger partial charge in [-0.2, -0.15) is 0 Å². The Hall–Kier alpha value is -0.850. The molecule has 2 atom stereocenters. The summed E-state index contributed by atoms with van der Waals surface area (Å²) in [4.78, 5) is 13.2. The number of ether oxygens (including phenoxy) is 1. The molecule has 1 N–H and O–H groups in total. The van der Waals surface area contributed by atoms with Gasteiger partial charge in [0.15, 0.2) is 0 Å². The average Bonchev–Trinajstić information content (AvgIpc) is 2.95. The molecule has 0 amide bonds. The molecule has 18 heavy (non-hydrogen) atoms. The van der Waals surface area contributed by atoms with Crippen molar-refractivity contribution in [3.63, 3.8) is 0 Å². The molecule has 0 saturated carbocycles. The van der Waals surface area contributed by atoms with E-state index in [0.717, 1.165) is 16.8 Å². The Bertz CT molecular complexity index is 420. The highest BCUT2D eigenvalue weighted by Crippen LogP contribution is 2.25. The van der Waals surface area contributed by atoms with Crippen molar-refractivity contribution in [3.8, 4) is 0 Å². The monoisotopic (exact) mass is 317 g/mol. The highest BCUT2D eigenvalue weighted by atomic mass is 79.9. The van der Waals surface area contributed by atoms with Gasteiger partial charge >= 0.3 is 5.97 Å². The molecule has 1 aromatic rings. The van der Waals surface area contributed by atoms with E-state index in [4.69, 9.17) is 14.3 Å². The Labute approximate surface area is 114 Å². The zero-order chi connectivity index (χ0) is 13.1. The number of carbonyl (C=O) groups is 1. The molecule has 1 aliphatic heterocycles. The fourth-order valence-electron chi connectivity index (χ4n) is 2.22. The van der Waals surface area contributed by atoms with Gasteiger partial charge < -0.3 is 14.3 Å². The van der Waals surface area contributed by atoms with Crippen LogP contribution in [0.2, 0.25) is 0 Å².